The van der Waals surface area contributed by atoms with Crippen LogP contribution in [-0.4, -0.2) is 28.2 Å². The van der Waals surface area contributed by atoms with Gasteiger partial charge in [0.2, 0.25) is 0 Å². The summed E-state index contributed by atoms with van der Waals surface area (Å²) in [6.07, 6.45) is 7.11. The van der Waals surface area contributed by atoms with Gasteiger partial charge in [-0.3, -0.25) is 4.79 Å². The molecule has 3 nitrogen and oxygen atoms in total. The number of rotatable bonds is 0. The van der Waals surface area contributed by atoms with Gasteiger partial charge < -0.3 is 10.2 Å². The smallest absolute Gasteiger partial charge is 0.139 e. The number of fused-ring (bicyclic) bond motifs is 5. The minimum absolute atomic E-state index is 0.0409. The summed E-state index contributed by atoms with van der Waals surface area (Å²) < 4.78 is 0. The van der Waals surface area contributed by atoms with E-state index in [1.165, 1.54) is 0 Å². The molecule has 0 heterocycles. The SMILES string of the molecule is C[C@]12CC[C@@H]3[C@H]4CC[C@@H](O)C(O)[C@H]4CC[C@H]3[C@@H]1CCC2=O. The summed E-state index contributed by atoms with van der Waals surface area (Å²) in [6, 6.07) is 0. The van der Waals surface area contributed by atoms with Crippen LogP contribution in [0.15, 0.2) is 0 Å². The van der Waals surface area contributed by atoms with Gasteiger partial charge in [0.05, 0.1) is 12.2 Å². The number of hydrogen-bond donors (Lipinski definition) is 2. The molecule has 4 saturated carbocycles. The van der Waals surface area contributed by atoms with Crippen molar-refractivity contribution in [3.05, 3.63) is 0 Å². The Bertz CT molecular complexity index is 448. The van der Waals surface area contributed by atoms with Crippen molar-refractivity contribution in [2.45, 2.75) is 70.5 Å². The molecule has 0 aromatic rings. The first kappa shape index (κ1) is 14.2. The van der Waals surface area contributed by atoms with E-state index in [1.54, 1.807) is 0 Å². The molecule has 8 atom stereocenters. The van der Waals surface area contributed by atoms with Gasteiger partial charge >= 0.3 is 0 Å². The van der Waals surface area contributed by atoms with Gasteiger partial charge in [-0.15, -0.1) is 0 Å². The Labute approximate surface area is 127 Å². The normalized spacial score (nSPS) is 56.5. The maximum absolute atomic E-state index is 12.3. The molecule has 0 aliphatic heterocycles. The second-order valence-corrected chi connectivity index (χ2v) is 8.39. The fourth-order valence-electron chi connectivity index (χ4n) is 6.62. The molecular weight excluding hydrogens is 264 g/mol. The van der Waals surface area contributed by atoms with Crippen LogP contribution in [0.4, 0.5) is 0 Å². The maximum Gasteiger partial charge on any atom is 0.139 e. The molecule has 0 amide bonds. The third-order valence-corrected chi connectivity index (χ3v) is 7.76. The Balaban J connectivity index is 1.59. The van der Waals surface area contributed by atoms with Crippen LogP contribution in [0.25, 0.3) is 0 Å². The van der Waals surface area contributed by atoms with Gasteiger partial charge in [-0.25, -0.2) is 0 Å². The topological polar surface area (TPSA) is 57.5 Å². The zero-order valence-electron chi connectivity index (χ0n) is 13.0. The molecule has 0 radical (unpaired) electrons. The zero-order chi connectivity index (χ0) is 14.8. The predicted molar refractivity (Wildman–Crippen MR) is 79.5 cm³/mol. The molecular formula is C18H28O3. The molecule has 0 aromatic heterocycles. The van der Waals surface area contributed by atoms with E-state index in [-0.39, 0.29) is 5.41 Å². The second-order valence-electron chi connectivity index (χ2n) is 8.39. The molecule has 4 aliphatic rings. The lowest BCUT2D eigenvalue weighted by Crippen LogP contribution is -2.53. The van der Waals surface area contributed by atoms with Crippen molar-refractivity contribution < 1.29 is 15.0 Å². The first-order valence-electron chi connectivity index (χ1n) is 8.92. The van der Waals surface area contributed by atoms with E-state index in [0.717, 1.165) is 51.4 Å². The van der Waals surface area contributed by atoms with Gasteiger partial charge in [-0.2, -0.15) is 0 Å². The number of hydrogen-bond acceptors (Lipinski definition) is 3. The first-order chi connectivity index (χ1) is 10.0. The minimum Gasteiger partial charge on any atom is -0.390 e. The molecule has 0 spiro atoms. The highest BCUT2D eigenvalue weighted by Gasteiger charge is 2.57. The van der Waals surface area contributed by atoms with Crippen molar-refractivity contribution >= 4 is 5.78 Å². The second kappa shape index (κ2) is 4.79. The van der Waals surface area contributed by atoms with E-state index in [0.29, 0.717) is 35.4 Å². The van der Waals surface area contributed by atoms with Crippen molar-refractivity contribution in [2.24, 2.45) is 35.0 Å². The summed E-state index contributed by atoms with van der Waals surface area (Å²) in [5, 5.41) is 20.3. The van der Waals surface area contributed by atoms with Gasteiger partial charge in [0.15, 0.2) is 0 Å². The summed E-state index contributed by atoms with van der Waals surface area (Å²) in [5.74, 6) is 3.37. The van der Waals surface area contributed by atoms with Crippen LogP contribution in [0.5, 0.6) is 0 Å². The van der Waals surface area contributed by atoms with Crippen molar-refractivity contribution in [1.82, 2.24) is 0 Å². The van der Waals surface area contributed by atoms with E-state index in [9.17, 15) is 15.0 Å². The monoisotopic (exact) mass is 292 g/mol. The standard InChI is InChI=1S/C18H28O3/c1-18-9-8-11-10-4-6-15(19)17(21)13(10)3-2-12(11)14(18)5-7-16(18)20/h10-15,17,19,21H,2-9H2,1H3/t10-,11-,12-,13+,14+,15-,17?,18+/m1/s1. The molecule has 0 aromatic carbocycles. The molecule has 118 valence electrons. The van der Waals surface area contributed by atoms with Gasteiger partial charge in [-0.1, -0.05) is 6.92 Å². The van der Waals surface area contributed by atoms with E-state index in [1.807, 2.05) is 0 Å². The van der Waals surface area contributed by atoms with Crippen LogP contribution in [0.3, 0.4) is 0 Å². The number of carbonyl (C=O) groups is 1. The van der Waals surface area contributed by atoms with Crippen LogP contribution in [0.1, 0.15) is 58.3 Å². The summed E-state index contributed by atoms with van der Waals surface area (Å²) >= 11 is 0. The lowest BCUT2D eigenvalue weighted by Gasteiger charge is -2.55. The quantitative estimate of drug-likeness (QED) is 0.721. The van der Waals surface area contributed by atoms with Crippen LogP contribution in [0, 0.1) is 35.0 Å². The summed E-state index contributed by atoms with van der Waals surface area (Å²) in [5.41, 5.74) is -0.0409. The van der Waals surface area contributed by atoms with E-state index in [4.69, 9.17) is 0 Å². The highest BCUT2D eigenvalue weighted by Crippen LogP contribution is 2.61. The van der Waals surface area contributed by atoms with Gasteiger partial charge in [0, 0.05) is 11.8 Å². The molecule has 2 N–H and O–H groups in total. The molecule has 3 heteroatoms. The number of aliphatic hydroxyl groups excluding tert-OH is 2. The summed E-state index contributed by atoms with van der Waals surface area (Å²) in [6.45, 7) is 2.22. The number of Topliss-reactive ketones (excluding diaryl/α,β-unsaturated/α-hetero) is 1. The fourth-order valence-corrected chi connectivity index (χ4v) is 6.62. The van der Waals surface area contributed by atoms with Crippen molar-refractivity contribution in [1.29, 1.82) is 0 Å². The van der Waals surface area contributed by atoms with Gasteiger partial charge in [0.1, 0.15) is 5.78 Å². The van der Waals surface area contributed by atoms with E-state index < -0.39 is 12.2 Å². The highest BCUT2D eigenvalue weighted by molar-refractivity contribution is 5.87. The molecule has 21 heavy (non-hydrogen) atoms. The molecule has 4 rings (SSSR count). The predicted octanol–water partition coefficient (Wildman–Crippen LogP) is 2.54. The van der Waals surface area contributed by atoms with Gasteiger partial charge in [0.25, 0.3) is 0 Å². The minimum atomic E-state index is -0.511. The molecule has 4 fully saturated rings. The zero-order valence-corrected chi connectivity index (χ0v) is 13.0. The molecule has 4 aliphatic carbocycles. The maximum atomic E-state index is 12.3. The first-order valence-corrected chi connectivity index (χ1v) is 8.92. The molecule has 1 unspecified atom stereocenters. The Morgan fingerprint density at radius 3 is 2.38 bits per heavy atom. The third-order valence-electron chi connectivity index (χ3n) is 7.76. The van der Waals surface area contributed by atoms with Crippen LogP contribution >= 0.6 is 0 Å². The number of carbonyl (C=O) groups excluding carboxylic acids is 1. The summed E-state index contributed by atoms with van der Waals surface area (Å²) in [7, 11) is 0. The summed E-state index contributed by atoms with van der Waals surface area (Å²) in [4.78, 5) is 12.3. The molecule has 0 saturated heterocycles. The average molecular weight is 292 g/mol. The van der Waals surface area contributed by atoms with Crippen LogP contribution in [0.2, 0.25) is 0 Å². The lowest BCUT2D eigenvalue weighted by molar-refractivity contribution is -0.141. The van der Waals surface area contributed by atoms with Gasteiger partial charge in [-0.05, 0) is 74.5 Å². The molecule has 0 bridgehead atoms. The van der Waals surface area contributed by atoms with Crippen molar-refractivity contribution in [3.63, 3.8) is 0 Å². The highest BCUT2D eigenvalue weighted by atomic mass is 16.3. The van der Waals surface area contributed by atoms with E-state index >= 15 is 0 Å². The Kier molecular flexibility index (Phi) is 3.24. The Morgan fingerprint density at radius 2 is 1.57 bits per heavy atom. The Morgan fingerprint density at radius 1 is 0.905 bits per heavy atom. The largest absolute Gasteiger partial charge is 0.390 e. The van der Waals surface area contributed by atoms with Crippen LogP contribution in [-0.2, 0) is 4.79 Å². The van der Waals surface area contributed by atoms with Crippen molar-refractivity contribution in [3.8, 4) is 0 Å². The lowest BCUT2D eigenvalue weighted by atomic mass is 9.50. The fraction of sp³-hybridized carbons (Fsp3) is 0.944. The number of ketones is 1. The number of aliphatic hydroxyl groups is 2. The average Bonchev–Trinajstić information content (AvgIpc) is 2.78. The Hall–Kier alpha value is -0.410. The van der Waals surface area contributed by atoms with E-state index in [2.05, 4.69) is 6.92 Å². The van der Waals surface area contributed by atoms with Crippen LogP contribution < -0.4 is 0 Å². The third kappa shape index (κ3) is 1.89. The van der Waals surface area contributed by atoms with Crippen molar-refractivity contribution in [2.75, 3.05) is 0 Å².